The zero-order chi connectivity index (χ0) is 13.9. The SMILES string of the molecule is CC(NC(c1ccc(F)cc1)C1CC1)C1CCCCC1. The first-order valence-electron chi connectivity index (χ1n) is 8.25. The second-order valence-electron chi connectivity index (χ2n) is 6.72. The molecule has 2 aliphatic rings. The lowest BCUT2D eigenvalue weighted by molar-refractivity contribution is 0.257. The Bertz CT molecular complexity index is 418. The van der Waals surface area contributed by atoms with Crippen molar-refractivity contribution >= 4 is 0 Å². The predicted octanol–water partition coefficient (Wildman–Crippen LogP) is 4.84. The normalized spacial score (nSPS) is 23.5. The van der Waals surface area contributed by atoms with Crippen molar-refractivity contribution in [2.75, 3.05) is 0 Å². The third-order valence-corrected chi connectivity index (χ3v) is 5.12. The summed E-state index contributed by atoms with van der Waals surface area (Å²) in [6, 6.07) is 8.10. The first-order chi connectivity index (χ1) is 9.74. The maximum Gasteiger partial charge on any atom is 0.123 e. The summed E-state index contributed by atoms with van der Waals surface area (Å²) in [4.78, 5) is 0. The van der Waals surface area contributed by atoms with Gasteiger partial charge in [0.1, 0.15) is 5.82 Å². The van der Waals surface area contributed by atoms with Crippen LogP contribution in [-0.4, -0.2) is 6.04 Å². The first kappa shape index (κ1) is 14.1. The van der Waals surface area contributed by atoms with Crippen LogP contribution in [-0.2, 0) is 0 Å². The van der Waals surface area contributed by atoms with E-state index in [9.17, 15) is 4.39 Å². The molecule has 2 fully saturated rings. The van der Waals surface area contributed by atoms with Crippen molar-refractivity contribution in [3.05, 3.63) is 35.6 Å². The smallest absolute Gasteiger partial charge is 0.123 e. The second kappa shape index (κ2) is 6.26. The minimum atomic E-state index is -0.136. The van der Waals surface area contributed by atoms with Crippen molar-refractivity contribution in [1.29, 1.82) is 0 Å². The quantitative estimate of drug-likeness (QED) is 0.811. The van der Waals surface area contributed by atoms with Gasteiger partial charge in [0.2, 0.25) is 0 Å². The molecule has 0 bridgehead atoms. The van der Waals surface area contributed by atoms with Crippen molar-refractivity contribution in [3.63, 3.8) is 0 Å². The molecular formula is C18H26FN. The minimum Gasteiger partial charge on any atom is -0.307 e. The number of benzene rings is 1. The first-order valence-corrected chi connectivity index (χ1v) is 8.25. The lowest BCUT2D eigenvalue weighted by atomic mass is 9.84. The molecule has 0 radical (unpaired) electrons. The molecule has 1 aromatic carbocycles. The van der Waals surface area contributed by atoms with Crippen LogP contribution in [0.2, 0.25) is 0 Å². The zero-order valence-corrected chi connectivity index (χ0v) is 12.4. The van der Waals surface area contributed by atoms with Crippen LogP contribution in [0.1, 0.15) is 63.5 Å². The van der Waals surface area contributed by atoms with Crippen LogP contribution in [0.25, 0.3) is 0 Å². The summed E-state index contributed by atoms with van der Waals surface area (Å²) in [5.41, 5.74) is 1.26. The number of hydrogen-bond donors (Lipinski definition) is 1. The van der Waals surface area contributed by atoms with Crippen molar-refractivity contribution in [3.8, 4) is 0 Å². The van der Waals surface area contributed by atoms with Crippen molar-refractivity contribution in [2.24, 2.45) is 11.8 Å². The van der Waals surface area contributed by atoms with Gasteiger partial charge in [0.05, 0.1) is 0 Å². The lowest BCUT2D eigenvalue weighted by Crippen LogP contribution is -2.38. The highest BCUT2D eigenvalue weighted by Crippen LogP contribution is 2.42. The van der Waals surface area contributed by atoms with Crippen molar-refractivity contribution in [1.82, 2.24) is 5.32 Å². The maximum atomic E-state index is 13.1. The molecule has 2 unspecified atom stereocenters. The molecule has 2 saturated carbocycles. The van der Waals surface area contributed by atoms with Gasteiger partial charge >= 0.3 is 0 Å². The monoisotopic (exact) mass is 275 g/mol. The van der Waals surface area contributed by atoms with Crippen LogP contribution in [0.5, 0.6) is 0 Å². The standard InChI is InChI=1S/C18H26FN/c1-13(14-5-3-2-4-6-14)20-18(15-7-8-15)16-9-11-17(19)12-10-16/h9-15,18,20H,2-8H2,1H3. The van der Waals surface area contributed by atoms with E-state index in [1.54, 1.807) is 12.1 Å². The molecule has 0 spiro atoms. The molecule has 0 heterocycles. The van der Waals surface area contributed by atoms with Crippen molar-refractivity contribution < 1.29 is 4.39 Å². The highest BCUT2D eigenvalue weighted by Gasteiger charge is 2.34. The molecule has 1 aromatic rings. The predicted molar refractivity (Wildman–Crippen MR) is 81.0 cm³/mol. The summed E-state index contributed by atoms with van der Waals surface area (Å²) in [7, 11) is 0. The Labute approximate surface area is 122 Å². The largest absolute Gasteiger partial charge is 0.307 e. The van der Waals surface area contributed by atoms with E-state index in [2.05, 4.69) is 12.2 Å². The van der Waals surface area contributed by atoms with Gasteiger partial charge < -0.3 is 5.32 Å². The van der Waals surface area contributed by atoms with Gasteiger partial charge in [-0.2, -0.15) is 0 Å². The van der Waals surface area contributed by atoms with Gasteiger partial charge in [0.25, 0.3) is 0 Å². The van der Waals surface area contributed by atoms with Gasteiger partial charge in [0.15, 0.2) is 0 Å². The molecule has 1 nitrogen and oxygen atoms in total. The van der Waals surface area contributed by atoms with E-state index < -0.39 is 0 Å². The zero-order valence-electron chi connectivity index (χ0n) is 12.4. The third-order valence-electron chi connectivity index (χ3n) is 5.12. The fourth-order valence-corrected chi connectivity index (χ4v) is 3.66. The Hall–Kier alpha value is -0.890. The van der Waals surface area contributed by atoms with E-state index in [1.165, 1.54) is 50.5 Å². The Morgan fingerprint density at radius 3 is 2.20 bits per heavy atom. The van der Waals surface area contributed by atoms with Crippen molar-refractivity contribution in [2.45, 2.75) is 64.0 Å². The Morgan fingerprint density at radius 1 is 0.950 bits per heavy atom. The molecule has 110 valence electrons. The summed E-state index contributed by atoms with van der Waals surface area (Å²) in [6.45, 7) is 2.34. The minimum absolute atomic E-state index is 0.136. The van der Waals surface area contributed by atoms with Gasteiger partial charge in [-0.1, -0.05) is 31.4 Å². The average Bonchev–Trinajstić information content (AvgIpc) is 3.31. The molecule has 0 aromatic heterocycles. The summed E-state index contributed by atoms with van der Waals surface area (Å²) in [5.74, 6) is 1.44. The van der Waals surface area contributed by atoms with Crippen LogP contribution in [0, 0.1) is 17.7 Å². The maximum absolute atomic E-state index is 13.1. The molecule has 1 N–H and O–H groups in total. The Morgan fingerprint density at radius 2 is 1.60 bits per heavy atom. The molecule has 20 heavy (non-hydrogen) atoms. The molecule has 0 aliphatic heterocycles. The molecular weight excluding hydrogens is 249 g/mol. The summed E-state index contributed by atoms with van der Waals surface area (Å²) < 4.78 is 13.1. The number of hydrogen-bond acceptors (Lipinski definition) is 1. The molecule has 0 saturated heterocycles. The summed E-state index contributed by atoms with van der Waals surface area (Å²) >= 11 is 0. The van der Waals surface area contributed by atoms with Crippen LogP contribution >= 0.6 is 0 Å². The van der Waals surface area contributed by atoms with Gasteiger partial charge in [-0.05, 0) is 62.1 Å². The lowest BCUT2D eigenvalue weighted by Gasteiger charge is -2.32. The molecule has 0 amide bonds. The van der Waals surface area contributed by atoms with Gasteiger partial charge in [-0.3, -0.25) is 0 Å². The molecule has 2 aliphatic carbocycles. The van der Waals surface area contributed by atoms with E-state index in [0.29, 0.717) is 12.1 Å². The van der Waals surface area contributed by atoms with Crippen LogP contribution in [0.15, 0.2) is 24.3 Å². The third kappa shape index (κ3) is 3.41. The average molecular weight is 275 g/mol. The van der Waals surface area contributed by atoms with Crippen LogP contribution in [0.4, 0.5) is 4.39 Å². The molecule has 2 atom stereocenters. The number of halogens is 1. The van der Waals surface area contributed by atoms with E-state index in [-0.39, 0.29) is 5.82 Å². The summed E-state index contributed by atoms with van der Waals surface area (Å²) in [6.07, 6.45) is 9.55. The topological polar surface area (TPSA) is 12.0 Å². The van der Waals surface area contributed by atoms with Gasteiger partial charge in [-0.25, -0.2) is 4.39 Å². The van der Waals surface area contributed by atoms with E-state index in [0.717, 1.165) is 11.8 Å². The van der Waals surface area contributed by atoms with Crippen LogP contribution in [0.3, 0.4) is 0 Å². The number of nitrogens with one attached hydrogen (secondary N) is 1. The molecule has 3 rings (SSSR count). The highest BCUT2D eigenvalue weighted by atomic mass is 19.1. The summed E-state index contributed by atoms with van der Waals surface area (Å²) in [5, 5.41) is 3.86. The van der Waals surface area contributed by atoms with Gasteiger partial charge in [-0.15, -0.1) is 0 Å². The number of rotatable bonds is 5. The van der Waals surface area contributed by atoms with E-state index in [1.807, 2.05) is 12.1 Å². The van der Waals surface area contributed by atoms with Gasteiger partial charge in [0, 0.05) is 12.1 Å². The molecule has 2 heteroatoms. The van der Waals surface area contributed by atoms with E-state index >= 15 is 0 Å². The second-order valence-corrected chi connectivity index (χ2v) is 6.72. The Kier molecular flexibility index (Phi) is 4.40. The fourth-order valence-electron chi connectivity index (χ4n) is 3.66. The van der Waals surface area contributed by atoms with E-state index in [4.69, 9.17) is 0 Å². The fraction of sp³-hybridized carbons (Fsp3) is 0.667. The highest BCUT2D eigenvalue weighted by molar-refractivity contribution is 5.22. The Balaban J connectivity index is 1.66. The van der Waals surface area contributed by atoms with Crippen LogP contribution < -0.4 is 5.32 Å².